The molecule has 7 heteroatoms. The Morgan fingerprint density at radius 2 is 1.25 bits per heavy atom. The molecule has 6 rings (SSSR count). The van der Waals surface area contributed by atoms with Gasteiger partial charge in [-0.05, 0) is 36.4 Å². The average molecular weight is 527 g/mol. The first-order valence-corrected chi connectivity index (χ1v) is 13.0. The normalized spacial score (nSPS) is 11.4. The van der Waals surface area contributed by atoms with Crippen LogP contribution < -0.4 is 4.57 Å². The zero-order valence-corrected chi connectivity index (χ0v) is 22.0. The molecule has 40 heavy (non-hydrogen) atoms. The second-order valence-electron chi connectivity index (χ2n) is 9.38. The van der Waals surface area contributed by atoms with Gasteiger partial charge in [-0.25, -0.2) is 24.5 Å². The van der Waals surface area contributed by atoms with E-state index in [9.17, 15) is 5.11 Å². The van der Waals surface area contributed by atoms with E-state index in [2.05, 4.69) is 9.97 Å². The van der Waals surface area contributed by atoms with E-state index in [0.717, 1.165) is 22.5 Å². The van der Waals surface area contributed by atoms with Gasteiger partial charge in [0.15, 0.2) is 18.1 Å². The topological polar surface area (TPSA) is 87.8 Å². The standard InChI is InChI=1S/C33H27N5O2/c1-40-23-38-22-31(37-32(38)28-16-8-9-21-34-28)33(39,29-19-10-17-26(35-29)24-12-4-2-5-13-24)30-20-11-18-27(36-30)25-14-6-3-7-15-25/h2-22,39H,23H2,1H3/p+1. The van der Waals surface area contributed by atoms with Crippen LogP contribution in [0, 0.1) is 0 Å². The smallest absolute Gasteiger partial charge is 0.307 e. The summed E-state index contributed by atoms with van der Waals surface area (Å²) in [6.07, 6.45) is 3.57. The maximum absolute atomic E-state index is 12.8. The molecule has 0 saturated carbocycles. The number of hydrogen-bond donors (Lipinski definition) is 2. The predicted octanol–water partition coefficient (Wildman–Crippen LogP) is 5.38. The number of aromatic amines is 1. The molecule has 0 spiro atoms. The molecular formula is C33H28N5O2+. The van der Waals surface area contributed by atoms with Gasteiger partial charge >= 0.3 is 5.82 Å². The summed E-state index contributed by atoms with van der Waals surface area (Å²) in [6, 6.07) is 36.8. The fraction of sp³-hybridized carbons (Fsp3) is 0.0909. The number of ether oxygens (including phenoxy) is 1. The van der Waals surface area contributed by atoms with Crippen LogP contribution in [0.25, 0.3) is 34.0 Å². The van der Waals surface area contributed by atoms with Gasteiger partial charge < -0.3 is 9.84 Å². The Bertz CT molecular complexity index is 1640. The van der Waals surface area contributed by atoms with Gasteiger partial charge in [0.1, 0.15) is 6.20 Å². The Hall–Kier alpha value is -4.98. The quantitative estimate of drug-likeness (QED) is 0.260. The van der Waals surface area contributed by atoms with E-state index in [1.165, 1.54) is 0 Å². The lowest BCUT2D eigenvalue weighted by atomic mass is 9.90. The van der Waals surface area contributed by atoms with Crippen LogP contribution in [-0.2, 0) is 17.1 Å². The molecule has 4 heterocycles. The number of aliphatic hydroxyl groups is 1. The van der Waals surface area contributed by atoms with Crippen LogP contribution in [-0.4, -0.2) is 32.2 Å². The Morgan fingerprint density at radius 1 is 0.700 bits per heavy atom. The van der Waals surface area contributed by atoms with Crippen molar-refractivity contribution in [1.82, 2.24) is 19.9 Å². The molecule has 0 amide bonds. The maximum Gasteiger partial charge on any atom is 0.307 e. The minimum atomic E-state index is -1.72. The molecule has 0 aliphatic carbocycles. The van der Waals surface area contributed by atoms with Gasteiger partial charge in [0, 0.05) is 24.4 Å². The van der Waals surface area contributed by atoms with E-state index in [1.54, 1.807) is 13.3 Å². The molecule has 0 radical (unpaired) electrons. The molecule has 0 unspecified atom stereocenters. The van der Waals surface area contributed by atoms with E-state index in [0.29, 0.717) is 28.6 Å². The number of H-pyrrole nitrogens is 1. The third kappa shape index (κ3) is 4.80. The first-order chi connectivity index (χ1) is 19.7. The lowest BCUT2D eigenvalue weighted by Crippen LogP contribution is -2.36. The SMILES string of the molecule is COC[n+]1cc(C(O)(c2cccc(-c3ccccc3)n2)c2cccc(-c3ccccc3)n2)[nH]c1-c1ccccn1. The van der Waals surface area contributed by atoms with Crippen molar-refractivity contribution in [2.24, 2.45) is 0 Å². The first kappa shape index (κ1) is 25.3. The van der Waals surface area contributed by atoms with Crippen molar-refractivity contribution in [1.29, 1.82) is 0 Å². The second-order valence-corrected chi connectivity index (χ2v) is 9.38. The van der Waals surface area contributed by atoms with E-state index in [1.807, 2.05) is 126 Å². The monoisotopic (exact) mass is 526 g/mol. The summed E-state index contributed by atoms with van der Waals surface area (Å²) in [6.45, 7) is 0.257. The van der Waals surface area contributed by atoms with Crippen LogP contribution in [0.3, 0.4) is 0 Å². The number of rotatable bonds is 8. The molecule has 7 nitrogen and oxygen atoms in total. The van der Waals surface area contributed by atoms with Crippen LogP contribution in [0.1, 0.15) is 17.1 Å². The highest BCUT2D eigenvalue weighted by Crippen LogP contribution is 2.36. The molecule has 0 bridgehead atoms. The predicted molar refractivity (Wildman–Crippen MR) is 153 cm³/mol. The molecule has 0 fully saturated rings. The molecule has 0 aliphatic rings. The van der Waals surface area contributed by atoms with Gasteiger partial charge in [-0.1, -0.05) is 78.9 Å². The average Bonchev–Trinajstić information content (AvgIpc) is 3.46. The van der Waals surface area contributed by atoms with E-state index in [4.69, 9.17) is 14.7 Å². The van der Waals surface area contributed by atoms with Crippen LogP contribution >= 0.6 is 0 Å². The summed E-state index contributed by atoms with van der Waals surface area (Å²) >= 11 is 0. The van der Waals surface area contributed by atoms with E-state index < -0.39 is 5.60 Å². The van der Waals surface area contributed by atoms with Crippen molar-refractivity contribution >= 4 is 0 Å². The first-order valence-electron chi connectivity index (χ1n) is 13.0. The number of methoxy groups -OCH3 is 1. The zero-order chi connectivity index (χ0) is 27.4. The van der Waals surface area contributed by atoms with Crippen molar-refractivity contribution in [3.8, 4) is 34.0 Å². The minimum absolute atomic E-state index is 0.257. The number of nitrogens with one attached hydrogen (secondary N) is 1. The van der Waals surface area contributed by atoms with Gasteiger partial charge in [-0.3, -0.25) is 0 Å². The maximum atomic E-state index is 12.8. The Labute approximate surface area is 232 Å². The number of imidazole rings is 1. The Balaban J connectivity index is 1.57. The fourth-order valence-corrected chi connectivity index (χ4v) is 4.81. The van der Waals surface area contributed by atoms with Crippen molar-refractivity contribution in [3.63, 3.8) is 0 Å². The molecule has 4 aromatic heterocycles. The fourth-order valence-electron chi connectivity index (χ4n) is 4.81. The molecule has 2 N–H and O–H groups in total. The van der Waals surface area contributed by atoms with Crippen LogP contribution in [0.5, 0.6) is 0 Å². The van der Waals surface area contributed by atoms with Crippen molar-refractivity contribution in [2.45, 2.75) is 12.3 Å². The van der Waals surface area contributed by atoms with Gasteiger partial charge in [0.05, 0.1) is 22.8 Å². The summed E-state index contributed by atoms with van der Waals surface area (Å²) in [5, 5.41) is 12.8. The third-order valence-electron chi connectivity index (χ3n) is 6.77. The summed E-state index contributed by atoms with van der Waals surface area (Å²) < 4.78 is 7.36. The van der Waals surface area contributed by atoms with Gasteiger partial charge in [0.25, 0.3) is 0 Å². The Kier molecular flexibility index (Phi) is 6.97. The Morgan fingerprint density at radius 3 is 1.77 bits per heavy atom. The van der Waals surface area contributed by atoms with E-state index in [-0.39, 0.29) is 6.73 Å². The number of nitrogens with zero attached hydrogens (tertiary/aromatic N) is 4. The lowest BCUT2D eigenvalue weighted by Gasteiger charge is -2.24. The molecule has 196 valence electrons. The molecule has 0 atom stereocenters. The summed E-state index contributed by atoms with van der Waals surface area (Å²) in [4.78, 5) is 17.9. The lowest BCUT2D eigenvalue weighted by molar-refractivity contribution is -0.720. The number of aromatic nitrogens is 5. The van der Waals surface area contributed by atoms with Crippen molar-refractivity contribution in [3.05, 3.63) is 145 Å². The highest BCUT2D eigenvalue weighted by Gasteiger charge is 2.43. The second kappa shape index (κ2) is 11.0. The summed E-state index contributed by atoms with van der Waals surface area (Å²) in [5.74, 6) is 0.689. The summed E-state index contributed by atoms with van der Waals surface area (Å²) in [5.41, 5.74) is 3.74. The van der Waals surface area contributed by atoms with Crippen LogP contribution in [0.2, 0.25) is 0 Å². The van der Waals surface area contributed by atoms with Crippen LogP contribution in [0.4, 0.5) is 0 Å². The minimum Gasteiger partial charge on any atom is -0.370 e. The van der Waals surface area contributed by atoms with Gasteiger partial charge in [0.2, 0.25) is 5.60 Å². The molecular weight excluding hydrogens is 498 g/mol. The zero-order valence-electron chi connectivity index (χ0n) is 22.0. The highest BCUT2D eigenvalue weighted by atomic mass is 16.5. The van der Waals surface area contributed by atoms with Crippen LogP contribution in [0.15, 0.2) is 128 Å². The third-order valence-corrected chi connectivity index (χ3v) is 6.77. The number of benzene rings is 2. The van der Waals surface area contributed by atoms with Crippen molar-refractivity contribution < 1.29 is 14.4 Å². The number of pyridine rings is 3. The number of hydrogen-bond acceptors (Lipinski definition) is 5. The highest BCUT2D eigenvalue weighted by molar-refractivity contribution is 5.61. The van der Waals surface area contributed by atoms with Crippen molar-refractivity contribution in [2.75, 3.05) is 7.11 Å². The van der Waals surface area contributed by atoms with Gasteiger partial charge in [-0.15, -0.1) is 0 Å². The molecule has 6 aromatic rings. The van der Waals surface area contributed by atoms with E-state index >= 15 is 0 Å². The molecule has 2 aromatic carbocycles. The van der Waals surface area contributed by atoms with Gasteiger partial charge in [-0.2, -0.15) is 0 Å². The summed E-state index contributed by atoms with van der Waals surface area (Å²) in [7, 11) is 1.63. The largest absolute Gasteiger partial charge is 0.370 e. The molecule has 0 aliphatic heterocycles. The molecule has 0 saturated heterocycles.